The minimum atomic E-state index is -0.461. The smallest absolute Gasteiger partial charge is 0.270 e. The lowest BCUT2D eigenvalue weighted by atomic mass is 9.94. The van der Waals surface area contributed by atoms with Crippen LogP contribution in [0.2, 0.25) is 0 Å². The lowest BCUT2D eigenvalue weighted by Crippen LogP contribution is -2.29. The maximum Gasteiger partial charge on any atom is 0.270 e. The Hall–Kier alpha value is -3.73. The highest BCUT2D eigenvalue weighted by Crippen LogP contribution is 2.35. The van der Waals surface area contributed by atoms with Gasteiger partial charge in [-0.1, -0.05) is 72.8 Å². The van der Waals surface area contributed by atoms with Gasteiger partial charge in [-0.3, -0.25) is 4.79 Å². The van der Waals surface area contributed by atoms with E-state index in [2.05, 4.69) is 5.10 Å². The van der Waals surface area contributed by atoms with Crippen molar-refractivity contribution in [3.05, 3.63) is 117 Å². The first-order valence-electron chi connectivity index (χ1n) is 11.1. The highest BCUT2D eigenvalue weighted by Gasteiger charge is 2.21. The van der Waals surface area contributed by atoms with Gasteiger partial charge in [0.05, 0.1) is 12.8 Å². The van der Waals surface area contributed by atoms with Gasteiger partial charge in [0, 0.05) is 23.2 Å². The maximum absolute atomic E-state index is 14.5. The summed E-state index contributed by atoms with van der Waals surface area (Å²) < 4.78 is 21.4. The molecule has 0 aliphatic heterocycles. The monoisotopic (exact) mass is 442 g/mol. The molecule has 4 rings (SSSR count). The number of rotatable bonds is 8. The van der Waals surface area contributed by atoms with Crippen molar-refractivity contribution in [2.45, 2.75) is 32.7 Å². The summed E-state index contributed by atoms with van der Waals surface area (Å²) >= 11 is 0. The molecule has 1 aromatic heterocycles. The zero-order chi connectivity index (χ0) is 23.2. The van der Waals surface area contributed by atoms with E-state index in [1.807, 2.05) is 67.6 Å². The molecule has 33 heavy (non-hydrogen) atoms. The standard InChI is InChI=1S/C28H27FN2O2/c1-20-26(23-14-9-15-25(29)27(23)33-2)24(17-16-21-10-5-3-6-11-21)28(32)31(30-20)19-18-22-12-7-4-8-13-22/h3-15H,16-19H2,1-2H3. The average Bonchev–Trinajstić information content (AvgIpc) is 2.84. The summed E-state index contributed by atoms with van der Waals surface area (Å²) in [7, 11) is 1.44. The first-order valence-corrected chi connectivity index (χ1v) is 11.1. The van der Waals surface area contributed by atoms with Crippen LogP contribution in [-0.2, 0) is 25.8 Å². The molecule has 0 spiro atoms. The fourth-order valence-corrected chi connectivity index (χ4v) is 4.21. The third-order valence-electron chi connectivity index (χ3n) is 5.83. The number of aryl methyl sites for hydroxylation is 4. The minimum Gasteiger partial charge on any atom is -0.493 e. The van der Waals surface area contributed by atoms with Crippen molar-refractivity contribution in [2.24, 2.45) is 0 Å². The number of benzene rings is 3. The van der Waals surface area contributed by atoms with E-state index in [1.54, 1.807) is 12.1 Å². The number of nitrogens with zero attached hydrogens (tertiary/aromatic N) is 2. The Morgan fingerprint density at radius 2 is 1.48 bits per heavy atom. The van der Waals surface area contributed by atoms with Crippen molar-refractivity contribution in [2.75, 3.05) is 7.11 Å². The van der Waals surface area contributed by atoms with Crippen LogP contribution in [0.15, 0.2) is 83.7 Å². The Morgan fingerprint density at radius 3 is 2.12 bits per heavy atom. The van der Waals surface area contributed by atoms with Gasteiger partial charge < -0.3 is 4.74 Å². The van der Waals surface area contributed by atoms with Crippen LogP contribution in [0.3, 0.4) is 0 Å². The molecule has 0 amide bonds. The summed E-state index contributed by atoms with van der Waals surface area (Å²) in [6.45, 7) is 2.34. The molecule has 4 nitrogen and oxygen atoms in total. The molecule has 0 bridgehead atoms. The van der Waals surface area contributed by atoms with E-state index in [9.17, 15) is 9.18 Å². The molecule has 4 aromatic rings. The van der Waals surface area contributed by atoms with Crippen LogP contribution >= 0.6 is 0 Å². The molecule has 0 unspecified atom stereocenters. The van der Waals surface area contributed by atoms with Gasteiger partial charge >= 0.3 is 0 Å². The summed E-state index contributed by atoms with van der Waals surface area (Å²) in [6, 6.07) is 24.8. The Bertz CT molecular complexity index is 1280. The van der Waals surface area contributed by atoms with E-state index in [4.69, 9.17) is 4.74 Å². The zero-order valence-electron chi connectivity index (χ0n) is 18.9. The lowest BCUT2D eigenvalue weighted by molar-refractivity contribution is 0.388. The molecule has 0 aliphatic carbocycles. The fourth-order valence-electron chi connectivity index (χ4n) is 4.21. The quantitative estimate of drug-likeness (QED) is 0.367. The molecule has 0 N–H and O–H groups in total. The van der Waals surface area contributed by atoms with E-state index in [0.717, 1.165) is 11.1 Å². The molecule has 168 valence electrons. The molecule has 0 atom stereocenters. The Morgan fingerprint density at radius 1 is 0.848 bits per heavy atom. The van der Waals surface area contributed by atoms with Gasteiger partial charge in [-0.25, -0.2) is 9.07 Å². The van der Waals surface area contributed by atoms with Crippen LogP contribution in [0.25, 0.3) is 11.1 Å². The second kappa shape index (κ2) is 10.3. The summed E-state index contributed by atoms with van der Waals surface area (Å²) in [5, 5.41) is 4.61. The van der Waals surface area contributed by atoms with E-state index in [0.29, 0.717) is 48.2 Å². The summed E-state index contributed by atoms with van der Waals surface area (Å²) in [6.07, 6.45) is 1.92. The number of para-hydroxylation sites is 1. The Kier molecular flexibility index (Phi) is 6.98. The number of ether oxygens (including phenoxy) is 1. The molecule has 0 saturated carbocycles. The normalized spacial score (nSPS) is 10.9. The van der Waals surface area contributed by atoms with Crippen LogP contribution in [-0.4, -0.2) is 16.9 Å². The maximum atomic E-state index is 14.5. The number of methoxy groups -OCH3 is 1. The predicted molar refractivity (Wildman–Crippen MR) is 129 cm³/mol. The van der Waals surface area contributed by atoms with Crippen molar-refractivity contribution >= 4 is 0 Å². The van der Waals surface area contributed by atoms with Gasteiger partial charge in [-0.2, -0.15) is 5.10 Å². The third kappa shape index (κ3) is 5.03. The van der Waals surface area contributed by atoms with Crippen molar-refractivity contribution in [1.82, 2.24) is 9.78 Å². The Labute approximate surface area is 193 Å². The van der Waals surface area contributed by atoms with Crippen molar-refractivity contribution in [3.63, 3.8) is 0 Å². The van der Waals surface area contributed by atoms with Crippen molar-refractivity contribution in [1.29, 1.82) is 0 Å². The van der Waals surface area contributed by atoms with E-state index in [1.165, 1.54) is 17.9 Å². The van der Waals surface area contributed by atoms with Crippen LogP contribution in [0.1, 0.15) is 22.4 Å². The molecule has 1 heterocycles. The summed E-state index contributed by atoms with van der Waals surface area (Å²) in [4.78, 5) is 13.6. The first-order chi connectivity index (χ1) is 16.1. The van der Waals surface area contributed by atoms with Gasteiger partial charge in [0.1, 0.15) is 0 Å². The SMILES string of the molecule is COc1c(F)cccc1-c1c(C)nn(CCc2ccccc2)c(=O)c1CCc1ccccc1. The molecule has 0 fully saturated rings. The molecular formula is C28H27FN2O2. The fraction of sp³-hybridized carbons (Fsp3) is 0.214. The van der Waals surface area contributed by atoms with Crippen LogP contribution in [0.4, 0.5) is 4.39 Å². The largest absolute Gasteiger partial charge is 0.493 e. The number of hydrogen-bond donors (Lipinski definition) is 0. The summed E-state index contributed by atoms with van der Waals surface area (Å²) in [5.74, 6) is -0.332. The topological polar surface area (TPSA) is 44.1 Å². The highest BCUT2D eigenvalue weighted by atomic mass is 19.1. The average molecular weight is 443 g/mol. The summed E-state index contributed by atoms with van der Waals surface area (Å²) in [5.41, 5.74) is 4.65. The highest BCUT2D eigenvalue weighted by molar-refractivity contribution is 5.75. The molecule has 3 aromatic carbocycles. The van der Waals surface area contributed by atoms with Crippen LogP contribution < -0.4 is 10.3 Å². The van der Waals surface area contributed by atoms with E-state index >= 15 is 0 Å². The van der Waals surface area contributed by atoms with Gasteiger partial charge in [-0.05, 0) is 43.4 Å². The van der Waals surface area contributed by atoms with Crippen LogP contribution in [0.5, 0.6) is 5.75 Å². The van der Waals surface area contributed by atoms with Crippen LogP contribution in [0, 0.1) is 12.7 Å². The Balaban J connectivity index is 1.79. The minimum absolute atomic E-state index is 0.129. The molecule has 0 aliphatic rings. The number of halogens is 1. The van der Waals surface area contributed by atoms with E-state index in [-0.39, 0.29) is 11.3 Å². The van der Waals surface area contributed by atoms with Gasteiger partial charge in [-0.15, -0.1) is 0 Å². The molecule has 0 saturated heterocycles. The van der Waals surface area contributed by atoms with Gasteiger partial charge in [0.25, 0.3) is 5.56 Å². The number of aromatic nitrogens is 2. The molecular weight excluding hydrogens is 415 g/mol. The second-order valence-electron chi connectivity index (χ2n) is 8.01. The molecule has 0 radical (unpaired) electrons. The molecule has 5 heteroatoms. The predicted octanol–water partition coefficient (Wildman–Crippen LogP) is 5.39. The third-order valence-corrected chi connectivity index (χ3v) is 5.83. The van der Waals surface area contributed by atoms with Crippen molar-refractivity contribution < 1.29 is 9.13 Å². The van der Waals surface area contributed by atoms with Gasteiger partial charge in [0.2, 0.25) is 0 Å². The number of hydrogen-bond acceptors (Lipinski definition) is 3. The van der Waals surface area contributed by atoms with Gasteiger partial charge in [0.15, 0.2) is 11.6 Å². The second-order valence-corrected chi connectivity index (χ2v) is 8.01. The zero-order valence-corrected chi connectivity index (χ0v) is 18.9. The van der Waals surface area contributed by atoms with Crippen molar-refractivity contribution in [3.8, 4) is 16.9 Å². The van der Waals surface area contributed by atoms with E-state index < -0.39 is 5.82 Å². The lowest BCUT2D eigenvalue weighted by Gasteiger charge is -2.18. The first kappa shape index (κ1) is 22.5.